The molecule has 0 saturated carbocycles. The van der Waals surface area contributed by atoms with Crippen LogP contribution in [0.5, 0.6) is 5.75 Å². The van der Waals surface area contributed by atoms with E-state index < -0.39 is 28.2 Å². The highest BCUT2D eigenvalue weighted by molar-refractivity contribution is 6.34. The normalized spacial score (nSPS) is 21.9. The molecule has 0 aromatic heterocycles. The molecule has 10 heteroatoms. The minimum absolute atomic E-state index is 0.0850. The quantitative estimate of drug-likeness (QED) is 0.517. The number of amides is 2. The summed E-state index contributed by atoms with van der Waals surface area (Å²) in [7, 11) is 3.75. The molecule has 0 aliphatic carbocycles. The molecule has 2 aliphatic rings. The second kappa shape index (κ2) is 9.34. The van der Waals surface area contributed by atoms with E-state index >= 15 is 0 Å². The van der Waals surface area contributed by atoms with E-state index in [1.807, 2.05) is 26.0 Å². The Morgan fingerprint density at radius 2 is 1.78 bits per heavy atom. The number of piperazine rings is 1. The summed E-state index contributed by atoms with van der Waals surface area (Å²) in [6.07, 6.45) is -4.62. The summed E-state index contributed by atoms with van der Waals surface area (Å²) >= 11 is 6.03. The van der Waals surface area contributed by atoms with Gasteiger partial charge in [0.1, 0.15) is 5.75 Å². The van der Waals surface area contributed by atoms with Crippen molar-refractivity contribution in [2.75, 3.05) is 48.9 Å². The van der Waals surface area contributed by atoms with E-state index in [0.29, 0.717) is 24.3 Å². The van der Waals surface area contributed by atoms with Crippen LogP contribution in [-0.4, -0.2) is 56.8 Å². The van der Waals surface area contributed by atoms with Crippen molar-refractivity contribution in [3.63, 3.8) is 0 Å². The number of nitrogens with zero attached hydrogens (tertiary/aromatic N) is 3. The van der Waals surface area contributed by atoms with Gasteiger partial charge in [-0.15, -0.1) is 0 Å². The van der Waals surface area contributed by atoms with Gasteiger partial charge in [-0.2, -0.15) is 13.2 Å². The van der Waals surface area contributed by atoms with Crippen LogP contribution in [0.1, 0.15) is 38.8 Å². The molecular weight excluding hydrogens is 493 g/mol. The van der Waals surface area contributed by atoms with Gasteiger partial charge in [0, 0.05) is 37.1 Å². The van der Waals surface area contributed by atoms with Gasteiger partial charge in [0.2, 0.25) is 0 Å². The van der Waals surface area contributed by atoms with E-state index in [9.17, 15) is 18.0 Å². The summed E-state index contributed by atoms with van der Waals surface area (Å²) in [5.41, 5.74) is 1.06. The Kier molecular flexibility index (Phi) is 6.85. The maximum absolute atomic E-state index is 13.4. The monoisotopic (exact) mass is 524 g/mol. The van der Waals surface area contributed by atoms with Gasteiger partial charge in [0.05, 0.1) is 34.8 Å². The average Bonchev–Trinajstić information content (AvgIpc) is 3.06. The molecule has 196 valence electrons. The van der Waals surface area contributed by atoms with Crippen LogP contribution in [0.3, 0.4) is 0 Å². The van der Waals surface area contributed by atoms with E-state index in [0.717, 1.165) is 36.2 Å². The zero-order valence-electron chi connectivity index (χ0n) is 21.3. The molecule has 2 heterocycles. The van der Waals surface area contributed by atoms with Crippen molar-refractivity contribution < 1.29 is 22.7 Å². The zero-order valence-corrected chi connectivity index (χ0v) is 22.1. The lowest BCUT2D eigenvalue weighted by Gasteiger charge is -2.44. The molecule has 1 fully saturated rings. The number of hydrogen-bond acceptors (Lipinski definition) is 4. The summed E-state index contributed by atoms with van der Waals surface area (Å²) in [4.78, 5) is 19.6. The number of methoxy groups -OCH3 is 1. The highest BCUT2D eigenvalue weighted by Crippen LogP contribution is 2.47. The Bertz CT molecular complexity index is 1160. The van der Waals surface area contributed by atoms with Crippen LogP contribution >= 0.6 is 11.6 Å². The minimum atomic E-state index is -4.62. The Labute approximate surface area is 214 Å². The molecule has 2 aromatic rings. The van der Waals surface area contributed by atoms with Gasteiger partial charge >= 0.3 is 12.2 Å². The maximum atomic E-state index is 13.4. The number of alkyl halides is 3. The number of rotatable bonds is 3. The highest BCUT2D eigenvalue weighted by atomic mass is 35.5. The van der Waals surface area contributed by atoms with Crippen LogP contribution in [0.4, 0.5) is 35.0 Å². The van der Waals surface area contributed by atoms with Crippen molar-refractivity contribution in [1.82, 2.24) is 4.90 Å². The third-order valence-electron chi connectivity index (χ3n) is 7.36. The molecule has 0 radical (unpaired) electrons. The number of benzene rings is 2. The van der Waals surface area contributed by atoms with Crippen molar-refractivity contribution in [3.05, 3.63) is 46.5 Å². The number of urea groups is 1. The second-order valence-corrected chi connectivity index (χ2v) is 10.8. The Balaban J connectivity index is 1.70. The molecule has 0 unspecified atom stereocenters. The first-order valence-electron chi connectivity index (χ1n) is 11.9. The SMILES string of the molecule is COc1cc2c(cc1N1C[C@@H](C)N(C)[C@@H](C)C1)N(C(=O)Nc1cccc(C(F)(F)F)c1Cl)CC2(C)C. The first-order valence-corrected chi connectivity index (χ1v) is 12.3. The van der Waals surface area contributed by atoms with Gasteiger partial charge in [-0.3, -0.25) is 9.80 Å². The van der Waals surface area contributed by atoms with Gasteiger partial charge in [-0.1, -0.05) is 31.5 Å². The summed E-state index contributed by atoms with van der Waals surface area (Å²) in [6, 6.07) is 7.53. The van der Waals surface area contributed by atoms with Crippen LogP contribution in [0, 0.1) is 0 Å². The number of carbonyl (C=O) groups is 1. The molecule has 2 aromatic carbocycles. The largest absolute Gasteiger partial charge is 0.495 e. The molecule has 36 heavy (non-hydrogen) atoms. The van der Waals surface area contributed by atoms with Crippen molar-refractivity contribution in [2.45, 2.75) is 51.4 Å². The van der Waals surface area contributed by atoms with E-state index in [4.69, 9.17) is 16.3 Å². The molecule has 4 rings (SSSR count). The number of likely N-dealkylation sites (N-methyl/N-ethyl adjacent to an activating group) is 1. The number of ether oxygens (including phenoxy) is 1. The van der Waals surface area contributed by atoms with Crippen molar-refractivity contribution in [3.8, 4) is 5.75 Å². The lowest BCUT2D eigenvalue weighted by Crippen LogP contribution is -2.55. The van der Waals surface area contributed by atoms with Crippen LogP contribution in [0.25, 0.3) is 0 Å². The molecule has 0 spiro atoms. The Morgan fingerprint density at radius 3 is 2.36 bits per heavy atom. The predicted molar refractivity (Wildman–Crippen MR) is 138 cm³/mol. The van der Waals surface area contributed by atoms with Crippen molar-refractivity contribution in [2.24, 2.45) is 0 Å². The summed E-state index contributed by atoms with van der Waals surface area (Å²) in [6.45, 7) is 10.3. The molecule has 2 aliphatic heterocycles. The average molecular weight is 525 g/mol. The topological polar surface area (TPSA) is 48.1 Å². The van der Waals surface area contributed by atoms with Gasteiger partial charge in [0.25, 0.3) is 0 Å². The van der Waals surface area contributed by atoms with Crippen LogP contribution in [-0.2, 0) is 11.6 Å². The Hall–Kier alpha value is -2.65. The van der Waals surface area contributed by atoms with Gasteiger partial charge in [-0.05, 0) is 50.7 Å². The zero-order chi connectivity index (χ0) is 26.6. The third kappa shape index (κ3) is 4.70. The van der Waals surface area contributed by atoms with E-state index in [-0.39, 0.29) is 5.69 Å². The van der Waals surface area contributed by atoms with Gasteiger partial charge < -0.3 is 15.0 Å². The number of anilines is 3. The summed E-state index contributed by atoms with van der Waals surface area (Å²) in [5.74, 6) is 0.731. The maximum Gasteiger partial charge on any atom is 0.417 e. The van der Waals surface area contributed by atoms with E-state index in [1.165, 1.54) is 12.1 Å². The fourth-order valence-corrected chi connectivity index (χ4v) is 5.39. The summed E-state index contributed by atoms with van der Waals surface area (Å²) in [5, 5.41) is 2.06. The standard InChI is InChI=1S/C26H32ClF3N4O2/c1-15-12-33(13-16(2)32(15)5)21-11-20-18(10-22(21)36-6)25(3,4)14-34(20)24(35)31-19-9-7-8-17(23(19)27)26(28,29)30/h7-11,15-16H,12-14H2,1-6H3,(H,31,35)/t15-,16+. The predicted octanol–water partition coefficient (Wildman–Crippen LogP) is 6.23. The van der Waals surface area contributed by atoms with Crippen LogP contribution in [0.2, 0.25) is 5.02 Å². The van der Waals surface area contributed by atoms with E-state index in [1.54, 1.807) is 12.0 Å². The molecule has 6 nitrogen and oxygen atoms in total. The number of carbonyl (C=O) groups excluding carboxylic acids is 1. The minimum Gasteiger partial charge on any atom is -0.495 e. The second-order valence-electron chi connectivity index (χ2n) is 10.4. The molecule has 1 N–H and O–H groups in total. The lowest BCUT2D eigenvalue weighted by molar-refractivity contribution is -0.137. The third-order valence-corrected chi connectivity index (χ3v) is 7.77. The first kappa shape index (κ1) is 26.4. The van der Waals surface area contributed by atoms with Crippen LogP contribution in [0.15, 0.2) is 30.3 Å². The van der Waals surface area contributed by atoms with Gasteiger partial charge in [0.15, 0.2) is 0 Å². The smallest absolute Gasteiger partial charge is 0.417 e. The van der Waals surface area contributed by atoms with Crippen LogP contribution < -0.4 is 19.9 Å². The fraction of sp³-hybridized carbons (Fsp3) is 0.500. The number of fused-ring (bicyclic) bond motifs is 1. The highest BCUT2D eigenvalue weighted by Gasteiger charge is 2.41. The first-order chi connectivity index (χ1) is 16.7. The Morgan fingerprint density at radius 1 is 1.14 bits per heavy atom. The fourth-order valence-electron chi connectivity index (χ4n) is 5.11. The molecule has 1 saturated heterocycles. The van der Waals surface area contributed by atoms with Crippen molar-refractivity contribution >= 4 is 34.7 Å². The van der Waals surface area contributed by atoms with Crippen molar-refractivity contribution in [1.29, 1.82) is 0 Å². The molecule has 2 amide bonds. The number of hydrogen-bond donors (Lipinski definition) is 1. The molecular formula is C26H32ClF3N4O2. The molecule has 0 bridgehead atoms. The summed E-state index contributed by atoms with van der Waals surface area (Å²) < 4.78 is 45.7. The number of halogens is 4. The van der Waals surface area contributed by atoms with E-state index in [2.05, 4.69) is 36.0 Å². The molecule has 2 atom stereocenters. The lowest BCUT2D eigenvalue weighted by atomic mass is 9.86. The van der Waals surface area contributed by atoms with Gasteiger partial charge in [-0.25, -0.2) is 4.79 Å². The number of nitrogens with one attached hydrogen (secondary N) is 1.